The zero-order valence-electron chi connectivity index (χ0n) is 13.4. The molecule has 5 nitrogen and oxygen atoms in total. The summed E-state index contributed by atoms with van der Waals surface area (Å²) in [7, 11) is 4.81. The molecule has 1 rings (SSSR count). The van der Waals surface area contributed by atoms with Gasteiger partial charge in [-0.2, -0.15) is 0 Å². The summed E-state index contributed by atoms with van der Waals surface area (Å²) >= 11 is 0. The molecule has 0 saturated heterocycles. The van der Waals surface area contributed by atoms with Gasteiger partial charge >= 0.3 is 5.97 Å². The van der Waals surface area contributed by atoms with Gasteiger partial charge in [-0.1, -0.05) is 13.8 Å². The van der Waals surface area contributed by atoms with Gasteiger partial charge < -0.3 is 19.3 Å². The van der Waals surface area contributed by atoms with E-state index in [1.807, 2.05) is 6.07 Å². The molecule has 0 aliphatic heterocycles. The van der Waals surface area contributed by atoms with Crippen LogP contribution in [0.1, 0.15) is 43.7 Å². The number of methoxy groups -OCH3 is 3. The lowest BCUT2D eigenvalue weighted by Gasteiger charge is -2.21. The van der Waals surface area contributed by atoms with E-state index in [4.69, 9.17) is 19.3 Å². The molecule has 1 aromatic rings. The maximum atomic E-state index is 10.7. The maximum absolute atomic E-state index is 10.7. The highest BCUT2D eigenvalue weighted by atomic mass is 16.5. The van der Waals surface area contributed by atoms with Crippen molar-refractivity contribution in [2.45, 2.75) is 39.0 Å². The standard InChI is InChI=1S/C16H24O5/c1-10(2)14-12(19-3)9-11(7-6-8-13(17)18)15(20-4)16(14)21-5/h9-10H,6-8H2,1-5H3,(H,17,18). The van der Waals surface area contributed by atoms with Crippen LogP contribution < -0.4 is 14.2 Å². The van der Waals surface area contributed by atoms with Gasteiger partial charge in [-0.05, 0) is 24.8 Å². The summed E-state index contributed by atoms with van der Waals surface area (Å²) in [4.78, 5) is 10.7. The van der Waals surface area contributed by atoms with Crippen LogP contribution in [-0.4, -0.2) is 32.4 Å². The van der Waals surface area contributed by atoms with Crippen LogP contribution in [0.2, 0.25) is 0 Å². The van der Waals surface area contributed by atoms with Crippen molar-refractivity contribution in [3.05, 3.63) is 17.2 Å². The Bertz CT molecular complexity index is 494. The van der Waals surface area contributed by atoms with Crippen molar-refractivity contribution in [3.8, 4) is 17.2 Å². The summed E-state index contributed by atoms with van der Waals surface area (Å²) in [5, 5.41) is 8.76. The second kappa shape index (κ2) is 7.76. The molecule has 0 aliphatic rings. The summed E-state index contributed by atoms with van der Waals surface area (Å²) in [6.07, 6.45) is 1.26. The largest absolute Gasteiger partial charge is 0.496 e. The third kappa shape index (κ3) is 4.03. The molecular weight excluding hydrogens is 272 g/mol. The number of ether oxygens (including phenoxy) is 3. The molecule has 118 valence electrons. The van der Waals surface area contributed by atoms with Crippen LogP contribution >= 0.6 is 0 Å². The molecule has 0 bridgehead atoms. The van der Waals surface area contributed by atoms with Gasteiger partial charge in [0.05, 0.1) is 21.3 Å². The average molecular weight is 296 g/mol. The molecule has 5 heteroatoms. The molecule has 0 radical (unpaired) electrons. The number of carboxylic acid groups (broad SMARTS) is 1. The monoisotopic (exact) mass is 296 g/mol. The molecular formula is C16H24O5. The van der Waals surface area contributed by atoms with Crippen molar-refractivity contribution >= 4 is 5.97 Å². The van der Waals surface area contributed by atoms with Gasteiger partial charge in [-0.15, -0.1) is 0 Å². The lowest BCUT2D eigenvalue weighted by atomic mass is 9.95. The maximum Gasteiger partial charge on any atom is 0.303 e. The minimum Gasteiger partial charge on any atom is -0.496 e. The van der Waals surface area contributed by atoms with Crippen LogP contribution in [0, 0.1) is 0 Å². The van der Waals surface area contributed by atoms with Crippen molar-refractivity contribution in [3.63, 3.8) is 0 Å². The number of aliphatic carboxylic acids is 1. The fourth-order valence-corrected chi connectivity index (χ4v) is 2.44. The summed E-state index contributed by atoms with van der Waals surface area (Å²) < 4.78 is 16.5. The number of rotatable bonds is 8. The first-order valence-corrected chi connectivity index (χ1v) is 6.99. The minimum atomic E-state index is -0.799. The Labute approximate surface area is 125 Å². The highest BCUT2D eigenvalue weighted by molar-refractivity contribution is 5.66. The highest BCUT2D eigenvalue weighted by Gasteiger charge is 2.22. The van der Waals surface area contributed by atoms with Crippen molar-refractivity contribution in [2.24, 2.45) is 0 Å². The first-order valence-electron chi connectivity index (χ1n) is 6.99. The second-order valence-corrected chi connectivity index (χ2v) is 5.12. The average Bonchev–Trinajstić information content (AvgIpc) is 2.44. The molecule has 21 heavy (non-hydrogen) atoms. The van der Waals surface area contributed by atoms with Gasteiger partial charge in [0.25, 0.3) is 0 Å². The summed E-state index contributed by atoms with van der Waals surface area (Å²) in [6.45, 7) is 4.12. The van der Waals surface area contributed by atoms with Crippen LogP contribution in [0.3, 0.4) is 0 Å². The van der Waals surface area contributed by atoms with E-state index in [1.165, 1.54) is 0 Å². The normalized spacial score (nSPS) is 10.6. The second-order valence-electron chi connectivity index (χ2n) is 5.12. The van der Waals surface area contributed by atoms with E-state index in [0.717, 1.165) is 16.9 Å². The minimum absolute atomic E-state index is 0.125. The van der Waals surface area contributed by atoms with Crippen molar-refractivity contribution < 1.29 is 24.1 Å². The Kier molecular flexibility index (Phi) is 6.34. The third-order valence-electron chi connectivity index (χ3n) is 3.36. The predicted molar refractivity (Wildman–Crippen MR) is 80.8 cm³/mol. The Hall–Kier alpha value is -1.91. The molecule has 0 amide bonds. The molecule has 0 aromatic heterocycles. The number of hydrogen-bond acceptors (Lipinski definition) is 4. The van der Waals surface area contributed by atoms with Crippen LogP contribution in [0.4, 0.5) is 0 Å². The third-order valence-corrected chi connectivity index (χ3v) is 3.36. The van der Waals surface area contributed by atoms with Gasteiger partial charge in [0, 0.05) is 17.5 Å². The lowest BCUT2D eigenvalue weighted by Crippen LogP contribution is -2.05. The van der Waals surface area contributed by atoms with E-state index in [-0.39, 0.29) is 12.3 Å². The predicted octanol–water partition coefficient (Wildman–Crippen LogP) is 3.24. The molecule has 0 saturated carbocycles. The van der Waals surface area contributed by atoms with E-state index < -0.39 is 5.97 Å². The number of carboxylic acids is 1. The fraction of sp³-hybridized carbons (Fsp3) is 0.562. The lowest BCUT2D eigenvalue weighted by molar-refractivity contribution is -0.137. The molecule has 0 heterocycles. The first kappa shape index (κ1) is 17.1. The van der Waals surface area contributed by atoms with Gasteiger partial charge in [-0.3, -0.25) is 4.79 Å². The Morgan fingerprint density at radius 3 is 2.19 bits per heavy atom. The molecule has 0 aliphatic carbocycles. The van der Waals surface area contributed by atoms with Crippen LogP contribution in [0.15, 0.2) is 6.07 Å². The van der Waals surface area contributed by atoms with E-state index in [9.17, 15) is 4.79 Å². The van der Waals surface area contributed by atoms with Crippen LogP contribution in [0.25, 0.3) is 0 Å². The molecule has 1 N–H and O–H groups in total. The first-order chi connectivity index (χ1) is 9.96. The van der Waals surface area contributed by atoms with Crippen LogP contribution in [-0.2, 0) is 11.2 Å². The Balaban J connectivity index is 3.27. The SMILES string of the molecule is COc1cc(CCCC(=O)O)c(OC)c(OC)c1C(C)C. The summed E-state index contributed by atoms with van der Waals surface area (Å²) in [5.41, 5.74) is 1.86. The number of aryl methyl sites for hydroxylation is 1. The summed E-state index contributed by atoms with van der Waals surface area (Å²) in [5.74, 6) is 1.49. The van der Waals surface area contributed by atoms with E-state index in [2.05, 4.69) is 13.8 Å². The van der Waals surface area contributed by atoms with Gasteiger partial charge in [0.15, 0.2) is 11.5 Å². The fourth-order valence-electron chi connectivity index (χ4n) is 2.44. The van der Waals surface area contributed by atoms with Crippen molar-refractivity contribution in [1.29, 1.82) is 0 Å². The molecule has 1 aromatic carbocycles. The van der Waals surface area contributed by atoms with E-state index in [1.54, 1.807) is 21.3 Å². The highest BCUT2D eigenvalue weighted by Crippen LogP contribution is 2.44. The number of hydrogen-bond donors (Lipinski definition) is 1. The zero-order valence-corrected chi connectivity index (χ0v) is 13.4. The Morgan fingerprint density at radius 2 is 1.76 bits per heavy atom. The number of benzene rings is 1. The molecule has 0 unspecified atom stereocenters. The van der Waals surface area contributed by atoms with Crippen LogP contribution in [0.5, 0.6) is 17.2 Å². The Morgan fingerprint density at radius 1 is 1.14 bits per heavy atom. The van der Waals surface area contributed by atoms with Gasteiger partial charge in [0.1, 0.15) is 5.75 Å². The number of carbonyl (C=O) groups is 1. The zero-order chi connectivity index (χ0) is 16.0. The molecule has 0 spiro atoms. The molecule has 0 atom stereocenters. The quantitative estimate of drug-likeness (QED) is 0.797. The van der Waals surface area contributed by atoms with Gasteiger partial charge in [-0.25, -0.2) is 0 Å². The topological polar surface area (TPSA) is 65.0 Å². The summed E-state index contributed by atoms with van der Waals surface area (Å²) in [6, 6.07) is 1.92. The smallest absolute Gasteiger partial charge is 0.303 e. The van der Waals surface area contributed by atoms with Crippen molar-refractivity contribution in [2.75, 3.05) is 21.3 Å². The molecule has 0 fully saturated rings. The van der Waals surface area contributed by atoms with Gasteiger partial charge in [0.2, 0.25) is 0 Å². The van der Waals surface area contributed by atoms with Crippen molar-refractivity contribution in [1.82, 2.24) is 0 Å². The van der Waals surface area contributed by atoms with E-state index in [0.29, 0.717) is 24.3 Å². The van der Waals surface area contributed by atoms with E-state index >= 15 is 0 Å².